The number of nitrogens with zero attached hydrogens (tertiary/aromatic N) is 8. The first-order chi connectivity index (χ1) is 43.5. The summed E-state index contributed by atoms with van der Waals surface area (Å²) in [6, 6.07) is 10.9. The highest BCUT2D eigenvalue weighted by Gasteiger charge is 2.30. The largest absolute Gasteiger partial charge is 0.505 e. The first-order valence-electron chi connectivity index (χ1n) is 24.2. The molecule has 0 unspecified atom stereocenters. The molecule has 0 saturated carbocycles. The minimum Gasteiger partial charge on any atom is -0.505 e. The van der Waals surface area contributed by atoms with E-state index in [4.69, 9.17) is 23.2 Å². The lowest BCUT2D eigenvalue weighted by molar-refractivity contribution is 0.101. The molecule has 0 fully saturated rings. The molecule has 12 N–H and O–H groups in total. The van der Waals surface area contributed by atoms with Crippen LogP contribution >= 0.6 is 23.2 Å². The number of phenolic OH excluding ortho intramolecular Hbond substituents is 2. The predicted octanol–water partition coefficient (Wildman–Crippen LogP) is 9.15. The third-order valence-electron chi connectivity index (χ3n) is 12.4. The van der Waals surface area contributed by atoms with Crippen molar-refractivity contribution >= 4 is 174 Å². The Labute approximate surface area is 531 Å². The number of halogens is 6. The molecule has 46 heteroatoms. The van der Waals surface area contributed by atoms with Gasteiger partial charge in [0.2, 0.25) is 11.9 Å². The van der Waals surface area contributed by atoms with Crippen LogP contribution in [0, 0.1) is 24.1 Å². The average Bonchev–Trinajstić information content (AvgIpc) is 0.753. The Morgan fingerprint density at radius 1 is 0.415 bits per heavy atom. The highest BCUT2D eigenvalue weighted by molar-refractivity contribution is 7.87. The van der Waals surface area contributed by atoms with Gasteiger partial charge in [0.15, 0.2) is 23.1 Å². The molecule has 2 aromatic heterocycles. The normalized spacial score (nSPS) is 12.6. The molecule has 0 aliphatic carbocycles. The van der Waals surface area contributed by atoms with Gasteiger partial charge in [0, 0.05) is 33.3 Å². The zero-order valence-electron chi connectivity index (χ0n) is 44.8. The van der Waals surface area contributed by atoms with Crippen LogP contribution in [-0.2, 0) is 60.7 Å². The van der Waals surface area contributed by atoms with Gasteiger partial charge in [0.25, 0.3) is 72.5 Å². The number of hydrogen-bond acceptors (Lipinski definition) is 26. The van der Waals surface area contributed by atoms with Gasteiger partial charge in [-0.2, -0.15) is 88.0 Å². The van der Waals surface area contributed by atoms with E-state index in [1.54, 1.807) is 0 Å². The Balaban J connectivity index is 1.08. The summed E-state index contributed by atoms with van der Waals surface area (Å²) < 4.78 is 268. The molecule has 2 heterocycles. The number of nitrogens with one attached hydrogen (secondary N) is 4. The molecule has 0 aliphatic heterocycles. The predicted molar refractivity (Wildman–Crippen MR) is 314 cm³/mol. The Morgan fingerprint density at radius 2 is 0.745 bits per heavy atom. The van der Waals surface area contributed by atoms with E-state index < -0.39 is 226 Å². The molecule has 0 atom stereocenters. The Bertz CT molecular complexity index is 5280. The maximum absolute atomic E-state index is 14.1. The van der Waals surface area contributed by atoms with Crippen molar-refractivity contribution in [3.63, 3.8) is 0 Å². The standard InChI is InChI=1S/C48H28Cl2F4N12O22S6/c49-35-41(51)59-47(53)61-43(35)55-21-5-7-29(91(77,78)79)25(13-21)63-65-37-31(93(83,84)85)11-19-9-23(89(71,72)73)15-27(33(19)39(37)67)57-45(69)17-1-2-18(4-3-17)46(70)58-28-16-24(90(74,75)76)10-20-12-32(94(86,87)88)38(40(68)34(20)28)66-64-26-14-22(6-8-30(26)92(80,81)82)56-44-36(50)42(52)60-48(54)62-44/h1-16,67-68H,(H,57,69)(H,58,70)(H,55,59,61)(H,56,60,62)(H,71,72,73)(H,74,75,76)(H,77,78,79)(H,80,81,82)(H,83,84,85)(H,86,87,88). The van der Waals surface area contributed by atoms with Crippen LogP contribution in [0.15, 0.2) is 147 Å². The maximum atomic E-state index is 14.1. The van der Waals surface area contributed by atoms with E-state index in [1.165, 1.54) is 0 Å². The van der Waals surface area contributed by atoms with Crippen LogP contribution in [0.2, 0.25) is 10.0 Å². The van der Waals surface area contributed by atoms with E-state index in [-0.39, 0.29) is 11.4 Å². The highest BCUT2D eigenvalue weighted by Crippen LogP contribution is 2.48. The highest BCUT2D eigenvalue weighted by atomic mass is 35.5. The monoisotopic (exact) mass is 1460 g/mol. The molecule has 0 spiro atoms. The summed E-state index contributed by atoms with van der Waals surface area (Å²) in [6.45, 7) is 0. The number of aromatic nitrogens is 4. The lowest BCUT2D eigenvalue weighted by Gasteiger charge is -2.16. The second kappa shape index (κ2) is 25.0. The Hall–Kier alpha value is -9.68. The van der Waals surface area contributed by atoms with Gasteiger partial charge >= 0.3 is 12.2 Å². The summed E-state index contributed by atoms with van der Waals surface area (Å²) in [5.41, 5.74) is -7.86. The number of rotatable bonds is 18. The average molecular weight is 1460 g/mol. The van der Waals surface area contributed by atoms with Gasteiger partial charge < -0.3 is 31.5 Å². The summed E-state index contributed by atoms with van der Waals surface area (Å²) >= 11 is 11.6. The quantitative estimate of drug-likeness (QED) is 0.0125. The molecule has 2 amide bonds. The van der Waals surface area contributed by atoms with Gasteiger partial charge in [0.05, 0.1) is 21.2 Å². The van der Waals surface area contributed by atoms with Crippen molar-refractivity contribution in [2.24, 2.45) is 20.5 Å². The van der Waals surface area contributed by atoms with Crippen LogP contribution in [0.5, 0.6) is 11.5 Å². The fraction of sp³-hybridized carbons (Fsp3) is 0. The smallest absolute Gasteiger partial charge is 0.313 e. The number of hydrogen-bond donors (Lipinski definition) is 12. The van der Waals surface area contributed by atoms with Crippen molar-refractivity contribution in [3.8, 4) is 11.5 Å². The van der Waals surface area contributed by atoms with Gasteiger partial charge in [-0.15, -0.1) is 20.5 Å². The first-order valence-corrected chi connectivity index (χ1v) is 33.6. The molecule has 9 rings (SSSR count). The van der Waals surface area contributed by atoms with Gasteiger partial charge in [0.1, 0.15) is 52.4 Å². The van der Waals surface area contributed by atoms with Crippen LogP contribution in [0.25, 0.3) is 21.5 Å². The van der Waals surface area contributed by atoms with Crippen molar-refractivity contribution in [2.45, 2.75) is 29.4 Å². The molecule has 0 bridgehead atoms. The molecule has 490 valence electrons. The number of phenols is 2. The van der Waals surface area contributed by atoms with E-state index >= 15 is 0 Å². The van der Waals surface area contributed by atoms with E-state index in [2.05, 4.69) is 61.7 Å². The Morgan fingerprint density at radius 3 is 1.05 bits per heavy atom. The molecular formula is C48H28Cl2F4N12O22S6. The van der Waals surface area contributed by atoms with Gasteiger partial charge in [-0.1, -0.05) is 23.2 Å². The maximum Gasteiger partial charge on any atom is 0.313 e. The Kier molecular flexibility index (Phi) is 18.3. The number of benzene rings is 7. The fourth-order valence-corrected chi connectivity index (χ4v) is 12.3. The summed E-state index contributed by atoms with van der Waals surface area (Å²) in [6.07, 6.45) is -3.25. The van der Waals surface area contributed by atoms with Crippen LogP contribution < -0.4 is 21.3 Å². The second-order valence-electron chi connectivity index (χ2n) is 18.5. The zero-order valence-corrected chi connectivity index (χ0v) is 51.2. The number of azo groups is 2. The summed E-state index contributed by atoms with van der Waals surface area (Å²) in [4.78, 5) is 32.7. The molecule has 0 radical (unpaired) electrons. The second-order valence-corrected chi connectivity index (χ2v) is 27.7. The van der Waals surface area contributed by atoms with Crippen LogP contribution in [0.3, 0.4) is 0 Å². The SMILES string of the molecule is O=C(Nc1cc(S(=O)(=O)O)cc2cc(S(=O)(=O)O)c(N=Nc3cc(Nc4nc(F)nc(F)c4Cl)ccc3S(=O)(=O)O)c(O)c12)c1ccc(C(=O)Nc2cc(S(=O)(=O)O)cc3cc(S(=O)(=O)O)c(N=Nc4cc(Nc5nc(F)nc(F)c5Cl)ccc4S(=O)(=O)O)c(O)c23)cc1. The topological polar surface area (TPSA) is 550 Å². The minimum absolute atomic E-state index is 0.362. The fourth-order valence-electron chi connectivity index (χ4n) is 8.38. The van der Waals surface area contributed by atoms with Gasteiger partial charge in [-0.25, -0.2) is 0 Å². The molecule has 7 aromatic carbocycles. The van der Waals surface area contributed by atoms with Gasteiger partial charge in [-0.05, 0) is 108 Å². The summed E-state index contributed by atoms with van der Waals surface area (Å²) in [5, 5.41) is 42.0. The molecule has 94 heavy (non-hydrogen) atoms. The van der Waals surface area contributed by atoms with Crippen molar-refractivity contribution < 1.29 is 115 Å². The van der Waals surface area contributed by atoms with Crippen molar-refractivity contribution in [1.82, 2.24) is 19.9 Å². The molecule has 0 aliphatic rings. The first kappa shape index (κ1) is 68.7. The molecule has 0 saturated heterocycles. The number of carbonyl (C=O) groups excluding carboxylic acids is 2. The minimum atomic E-state index is -5.63. The number of amides is 2. The van der Waals surface area contributed by atoms with Crippen molar-refractivity contribution in [1.29, 1.82) is 0 Å². The van der Waals surface area contributed by atoms with Crippen LogP contribution in [-0.4, -0.2) is 120 Å². The van der Waals surface area contributed by atoms with E-state index in [0.717, 1.165) is 36.4 Å². The summed E-state index contributed by atoms with van der Waals surface area (Å²) in [5.74, 6) is -10.00. The van der Waals surface area contributed by atoms with Crippen LogP contribution in [0.1, 0.15) is 20.7 Å². The van der Waals surface area contributed by atoms with E-state index in [9.17, 15) is 115 Å². The van der Waals surface area contributed by atoms with E-state index in [0.29, 0.717) is 60.7 Å². The van der Waals surface area contributed by atoms with E-state index in [1.807, 2.05) is 0 Å². The number of anilines is 6. The zero-order chi connectivity index (χ0) is 69.3. The third-order valence-corrected chi connectivity index (χ3v) is 18.3. The summed E-state index contributed by atoms with van der Waals surface area (Å²) in [7, 11) is -32.6. The van der Waals surface area contributed by atoms with Crippen molar-refractivity contribution in [2.75, 3.05) is 21.3 Å². The lowest BCUT2D eigenvalue weighted by atomic mass is 10.0. The number of aromatic hydroxyl groups is 2. The third kappa shape index (κ3) is 14.7. The molecular weight excluding hydrogens is 1440 g/mol. The number of carbonyl (C=O) groups is 2. The van der Waals surface area contributed by atoms with Gasteiger partial charge in [-0.3, -0.25) is 36.9 Å². The molecule has 34 nitrogen and oxygen atoms in total. The van der Waals surface area contributed by atoms with Crippen LogP contribution in [0.4, 0.5) is 74.7 Å². The van der Waals surface area contributed by atoms with Crippen molar-refractivity contribution in [3.05, 3.63) is 142 Å². The lowest BCUT2D eigenvalue weighted by Crippen LogP contribution is -2.15. The number of fused-ring (bicyclic) bond motifs is 2. The molecule has 9 aromatic rings.